The monoisotopic (exact) mass is 850 g/mol. The summed E-state index contributed by atoms with van der Waals surface area (Å²) in [5.41, 5.74) is 17.4. The molecule has 0 aliphatic rings. The molecule has 0 radical (unpaired) electrons. The lowest BCUT2D eigenvalue weighted by molar-refractivity contribution is 1.07. The third kappa shape index (κ3) is 7.22. The molecule has 0 saturated heterocycles. The summed E-state index contributed by atoms with van der Waals surface area (Å²) in [6.45, 7) is 0. The number of nitrogens with zero attached hydrogens (tertiary/aromatic N) is 6. The maximum Gasteiger partial charge on any atom is 0.164 e. The number of benzene rings is 9. The van der Waals surface area contributed by atoms with E-state index in [1.165, 1.54) is 0 Å². The topological polar surface area (TPSA) is 109 Å². The van der Waals surface area contributed by atoms with Crippen LogP contribution in [0.1, 0.15) is 11.1 Å². The molecule has 2 aromatic heterocycles. The number of nitrogens with one attached hydrogen (secondary N) is 1. The summed E-state index contributed by atoms with van der Waals surface area (Å²) in [4.78, 5) is 22.5. The molecule has 0 fully saturated rings. The minimum absolute atomic E-state index is 0.155. The number of hydrogen-bond acceptors (Lipinski definition) is 5. The molecular weight excluding hydrogens is 809 g/mol. The van der Waals surface area contributed by atoms with Crippen LogP contribution >= 0.6 is 0 Å². The first kappa shape index (κ1) is 39.8. The van der Waals surface area contributed by atoms with Crippen LogP contribution in [-0.2, 0) is 0 Å². The van der Waals surface area contributed by atoms with Crippen LogP contribution in [0.5, 0.6) is 0 Å². The Labute approximate surface area is 382 Å². The van der Waals surface area contributed by atoms with Crippen LogP contribution in [0.3, 0.4) is 0 Å². The molecule has 0 atom stereocenters. The number of aliphatic imine (C=N–C) groups is 1. The van der Waals surface area contributed by atoms with Crippen LogP contribution in [0.25, 0.3) is 83.6 Å². The smallest absolute Gasteiger partial charge is 0.164 e. The molecule has 66 heavy (non-hydrogen) atoms. The summed E-state index contributed by atoms with van der Waals surface area (Å²) in [5.74, 6) is 2.56. The van der Waals surface area contributed by atoms with Crippen LogP contribution < -0.4 is 10.6 Å². The van der Waals surface area contributed by atoms with Gasteiger partial charge in [-0.3, -0.25) is 5.41 Å². The van der Waals surface area contributed by atoms with Gasteiger partial charge in [0.2, 0.25) is 0 Å². The molecule has 0 aliphatic carbocycles. The van der Waals surface area contributed by atoms with Gasteiger partial charge in [-0.15, -0.1) is 0 Å². The van der Waals surface area contributed by atoms with Gasteiger partial charge in [-0.05, 0) is 47.2 Å². The van der Waals surface area contributed by atoms with Gasteiger partial charge in [-0.2, -0.15) is 0 Å². The first-order valence-electron chi connectivity index (χ1n) is 21.8. The highest BCUT2D eigenvalue weighted by molar-refractivity contribution is 6.23. The molecule has 0 aliphatic heterocycles. The van der Waals surface area contributed by atoms with Crippen LogP contribution in [0.4, 0.5) is 11.4 Å². The van der Waals surface area contributed by atoms with Gasteiger partial charge >= 0.3 is 0 Å². The van der Waals surface area contributed by atoms with Crippen molar-refractivity contribution in [3.8, 4) is 51.0 Å². The second-order valence-corrected chi connectivity index (χ2v) is 16.1. The lowest BCUT2D eigenvalue weighted by Crippen LogP contribution is -2.29. The summed E-state index contributed by atoms with van der Waals surface area (Å²) in [5, 5.41) is 13.6. The number of rotatable bonds is 8. The lowest BCUT2D eigenvalue weighted by Gasteiger charge is -2.27. The number of amidine groups is 2. The minimum Gasteiger partial charge on any atom is -0.398 e. The predicted molar refractivity (Wildman–Crippen MR) is 272 cm³/mol. The average Bonchev–Trinajstić information content (AvgIpc) is 3.72. The highest BCUT2D eigenvalue weighted by atomic mass is 15.2. The minimum atomic E-state index is 0.155. The fourth-order valence-electron chi connectivity index (χ4n) is 8.92. The van der Waals surface area contributed by atoms with E-state index in [-0.39, 0.29) is 5.84 Å². The zero-order valence-electron chi connectivity index (χ0n) is 36.0. The summed E-state index contributed by atoms with van der Waals surface area (Å²) in [6.07, 6.45) is 0. The third-order valence-corrected chi connectivity index (χ3v) is 12.1. The molecule has 8 nitrogen and oxygen atoms in total. The highest BCUT2D eigenvalue weighted by Crippen LogP contribution is 2.45. The van der Waals surface area contributed by atoms with Gasteiger partial charge in [0.25, 0.3) is 0 Å². The summed E-state index contributed by atoms with van der Waals surface area (Å²) in [7, 11) is 2.03. The molecule has 3 N–H and O–H groups in total. The molecule has 0 unspecified atom stereocenters. The Morgan fingerprint density at radius 2 is 1.05 bits per heavy atom. The number of para-hydroxylation sites is 2. The van der Waals surface area contributed by atoms with Gasteiger partial charge in [-0.1, -0.05) is 182 Å². The van der Waals surface area contributed by atoms with E-state index in [1.807, 2.05) is 128 Å². The maximum atomic E-state index is 9.24. The molecular formula is C58H42N8. The SMILES string of the molecule is CN(/C(=N\C(=N)c1ccccc1)c1ccccc1)c1c(-c2ccccc2N)ccc2c3ccccc3n(-c3ccc(-c4nc(-c5ccccc5)nc(-c5cccc6ccccc56)n4)cc3)c12. The van der Waals surface area contributed by atoms with Crippen molar-refractivity contribution in [1.82, 2.24) is 19.5 Å². The molecule has 314 valence electrons. The van der Waals surface area contributed by atoms with Crippen molar-refractivity contribution in [3.05, 3.63) is 230 Å². The van der Waals surface area contributed by atoms with E-state index in [0.717, 1.165) is 82.9 Å². The molecule has 0 bridgehead atoms. The Morgan fingerprint density at radius 1 is 0.485 bits per heavy atom. The quantitative estimate of drug-likeness (QED) is 0.0899. The van der Waals surface area contributed by atoms with Crippen molar-refractivity contribution < 1.29 is 0 Å². The molecule has 0 spiro atoms. The van der Waals surface area contributed by atoms with Crippen molar-refractivity contribution in [2.45, 2.75) is 0 Å². The van der Waals surface area contributed by atoms with Crippen molar-refractivity contribution in [2.75, 3.05) is 17.7 Å². The highest BCUT2D eigenvalue weighted by Gasteiger charge is 2.26. The Morgan fingerprint density at radius 3 is 1.77 bits per heavy atom. The first-order chi connectivity index (χ1) is 32.5. The van der Waals surface area contributed by atoms with E-state index in [9.17, 15) is 5.41 Å². The lowest BCUT2D eigenvalue weighted by atomic mass is 9.98. The van der Waals surface area contributed by atoms with Crippen molar-refractivity contribution in [2.24, 2.45) is 4.99 Å². The van der Waals surface area contributed by atoms with Crippen LogP contribution in [0.15, 0.2) is 223 Å². The summed E-state index contributed by atoms with van der Waals surface area (Å²) in [6, 6.07) is 73.6. The second kappa shape index (κ2) is 16.9. The normalized spacial score (nSPS) is 11.6. The standard InChI is InChI=1S/C58H42N8/c1-65(58(42-23-9-4-10-24-42)61-54(60)39-19-5-2-6-20-39)52-47(45-27-13-15-30-50(45)59)36-37-48-46-28-14-16-31-51(46)66(53(48)52)43-34-32-41(33-35-43)56-62-55(40-21-7-3-8-22-40)63-57(64-56)49-29-17-25-38-18-11-12-26-44(38)49/h2-37,60H,59H2,1H3/b60-54?,61-58-. The second-order valence-electron chi connectivity index (χ2n) is 16.1. The number of nitrogens with two attached hydrogens (primary N) is 1. The molecule has 8 heteroatoms. The Bertz CT molecular complexity index is 3610. The van der Waals surface area contributed by atoms with Crippen molar-refractivity contribution >= 4 is 55.6 Å². The number of fused-ring (bicyclic) bond motifs is 4. The van der Waals surface area contributed by atoms with E-state index in [0.29, 0.717) is 29.0 Å². The predicted octanol–water partition coefficient (Wildman–Crippen LogP) is 13.3. The Balaban J connectivity index is 1.13. The van der Waals surface area contributed by atoms with Crippen LogP contribution in [0.2, 0.25) is 0 Å². The number of nitrogen functional groups attached to an aromatic ring is 1. The molecule has 2 heterocycles. The Hall–Kier alpha value is -9.01. The van der Waals surface area contributed by atoms with Crippen molar-refractivity contribution in [1.29, 1.82) is 5.41 Å². The molecule has 11 rings (SSSR count). The van der Waals surface area contributed by atoms with Gasteiger partial charge in [-0.25, -0.2) is 19.9 Å². The van der Waals surface area contributed by atoms with Gasteiger partial charge in [0.1, 0.15) is 5.84 Å². The van der Waals surface area contributed by atoms with E-state index in [1.54, 1.807) is 0 Å². The van der Waals surface area contributed by atoms with Crippen molar-refractivity contribution in [3.63, 3.8) is 0 Å². The van der Waals surface area contributed by atoms with E-state index >= 15 is 0 Å². The molecule has 0 saturated carbocycles. The molecule has 9 aromatic carbocycles. The van der Waals surface area contributed by atoms with Gasteiger partial charge < -0.3 is 15.2 Å². The van der Waals surface area contributed by atoms with Crippen LogP contribution in [-0.4, -0.2) is 38.2 Å². The third-order valence-electron chi connectivity index (χ3n) is 12.1. The first-order valence-corrected chi connectivity index (χ1v) is 21.8. The number of hydrogen-bond donors (Lipinski definition) is 2. The fraction of sp³-hybridized carbons (Fsp3) is 0.0172. The number of aromatic nitrogens is 4. The zero-order valence-corrected chi connectivity index (χ0v) is 36.0. The average molecular weight is 851 g/mol. The van der Waals surface area contributed by atoms with E-state index < -0.39 is 0 Å². The maximum absolute atomic E-state index is 9.24. The molecule has 0 amide bonds. The summed E-state index contributed by atoms with van der Waals surface area (Å²) >= 11 is 0. The number of anilines is 2. The van der Waals surface area contributed by atoms with Gasteiger partial charge in [0.15, 0.2) is 23.3 Å². The summed E-state index contributed by atoms with van der Waals surface area (Å²) < 4.78 is 2.32. The van der Waals surface area contributed by atoms with Gasteiger partial charge in [0, 0.05) is 68.1 Å². The fourth-order valence-corrected chi connectivity index (χ4v) is 8.92. The van der Waals surface area contributed by atoms with Gasteiger partial charge in [0.05, 0.1) is 16.7 Å². The van der Waals surface area contributed by atoms with Crippen LogP contribution in [0, 0.1) is 5.41 Å². The largest absolute Gasteiger partial charge is 0.398 e. The zero-order chi connectivity index (χ0) is 44.6. The Kier molecular flexibility index (Phi) is 10.2. The van der Waals surface area contributed by atoms with E-state index in [2.05, 4.69) is 107 Å². The molecule has 11 aromatic rings. The van der Waals surface area contributed by atoms with E-state index in [4.69, 9.17) is 25.7 Å².